The Kier molecular flexibility index (Phi) is 7.07. The molecule has 0 aliphatic heterocycles. The minimum Gasteiger partial charge on any atom is -0.489 e. The maximum atomic E-state index is 12.0. The molecule has 0 saturated heterocycles. The van der Waals surface area contributed by atoms with Gasteiger partial charge in [-0.15, -0.1) is 0 Å². The van der Waals surface area contributed by atoms with Gasteiger partial charge in [-0.2, -0.15) is 5.10 Å². The summed E-state index contributed by atoms with van der Waals surface area (Å²) in [5, 5.41) is 9.99. The van der Waals surface area contributed by atoms with Crippen LogP contribution in [-0.2, 0) is 19.7 Å². The van der Waals surface area contributed by atoms with Crippen LogP contribution in [0, 0.1) is 5.92 Å². The predicted molar refractivity (Wildman–Crippen MR) is 109 cm³/mol. The molecule has 0 fully saturated rings. The summed E-state index contributed by atoms with van der Waals surface area (Å²) < 4.78 is 7.64. The number of benzene rings is 2. The van der Waals surface area contributed by atoms with Gasteiger partial charge < -0.3 is 15.4 Å². The highest BCUT2D eigenvalue weighted by molar-refractivity contribution is 5.73. The Morgan fingerprint density at radius 3 is 2.68 bits per heavy atom. The molecule has 6 heteroatoms. The van der Waals surface area contributed by atoms with Gasteiger partial charge in [-0.05, 0) is 35.2 Å². The fourth-order valence-electron chi connectivity index (χ4n) is 2.82. The van der Waals surface area contributed by atoms with Gasteiger partial charge in [-0.25, -0.2) is 4.79 Å². The van der Waals surface area contributed by atoms with Crippen LogP contribution in [0.5, 0.6) is 5.75 Å². The summed E-state index contributed by atoms with van der Waals surface area (Å²) in [7, 11) is 0. The molecule has 3 rings (SSSR count). The quantitative estimate of drug-likeness (QED) is 0.598. The summed E-state index contributed by atoms with van der Waals surface area (Å²) in [5.74, 6) is 1.14. The lowest BCUT2D eigenvalue weighted by molar-refractivity contribution is 0.238. The second kappa shape index (κ2) is 10.2. The van der Waals surface area contributed by atoms with Gasteiger partial charge in [0.05, 0.1) is 0 Å². The number of nitrogens with zero attached hydrogens (tertiary/aromatic N) is 2. The molecule has 2 amide bonds. The number of para-hydroxylation sites is 1. The molecule has 146 valence electrons. The molecule has 0 saturated carbocycles. The van der Waals surface area contributed by atoms with Crippen LogP contribution in [0.25, 0.3) is 0 Å². The van der Waals surface area contributed by atoms with Crippen LogP contribution in [0.2, 0.25) is 0 Å². The first-order chi connectivity index (χ1) is 13.7. The van der Waals surface area contributed by atoms with E-state index < -0.39 is 0 Å². The molecule has 2 N–H and O–H groups in total. The van der Waals surface area contributed by atoms with Crippen molar-refractivity contribution in [3.05, 3.63) is 84.2 Å². The highest BCUT2D eigenvalue weighted by atomic mass is 16.5. The van der Waals surface area contributed by atoms with Crippen molar-refractivity contribution >= 4 is 6.03 Å². The number of ether oxygens (including phenoxy) is 1. The predicted octanol–water partition coefficient (Wildman–Crippen LogP) is 3.60. The summed E-state index contributed by atoms with van der Waals surface area (Å²) in [6.07, 6.45) is 3.68. The molecule has 1 unspecified atom stereocenters. The third-order valence-electron chi connectivity index (χ3n) is 4.26. The second-order valence-corrected chi connectivity index (χ2v) is 6.82. The zero-order valence-corrected chi connectivity index (χ0v) is 16.0. The first kappa shape index (κ1) is 19.5. The van der Waals surface area contributed by atoms with E-state index in [1.54, 1.807) is 6.20 Å². The molecule has 2 aromatic carbocycles. The number of nitrogens with one attached hydrogen (secondary N) is 2. The van der Waals surface area contributed by atoms with E-state index in [1.165, 1.54) is 0 Å². The Labute approximate surface area is 165 Å². The lowest BCUT2D eigenvalue weighted by atomic mass is 10.1. The normalized spacial score (nSPS) is 11.6. The zero-order valence-electron chi connectivity index (χ0n) is 16.0. The van der Waals surface area contributed by atoms with E-state index in [2.05, 4.69) is 22.7 Å². The van der Waals surface area contributed by atoms with Gasteiger partial charge in [-0.3, -0.25) is 4.68 Å². The summed E-state index contributed by atoms with van der Waals surface area (Å²) in [5.41, 5.74) is 2.10. The van der Waals surface area contributed by atoms with Gasteiger partial charge in [0.1, 0.15) is 12.4 Å². The standard InChI is InChI=1S/C22H26N4O2/c1-18(16-26-12-6-11-25-26)14-23-22(27)24-15-19-7-5-8-20(13-19)17-28-21-9-3-2-4-10-21/h2-13,18H,14-17H2,1H3,(H2,23,24,27). The smallest absolute Gasteiger partial charge is 0.315 e. The second-order valence-electron chi connectivity index (χ2n) is 6.82. The zero-order chi connectivity index (χ0) is 19.6. The average Bonchev–Trinajstić information content (AvgIpc) is 3.23. The van der Waals surface area contributed by atoms with Crippen LogP contribution in [0.3, 0.4) is 0 Å². The van der Waals surface area contributed by atoms with E-state index in [0.717, 1.165) is 23.4 Å². The minimum atomic E-state index is -0.168. The SMILES string of the molecule is CC(CNC(=O)NCc1cccc(COc2ccccc2)c1)Cn1cccn1. The fraction of sp³-hybridized carbons (Fsp3) is 0.273. The highest BCUT2D eigenvalue weighted by Crippen LogP contribution is 2.12. The number of urea groups is 1. The van der Waals surface area contributed by atoms with E-state index >= 15 is 0 Å². The summed E-state index contributed by atoms with van der Waals surface area (Å²) in [6, 6.07) is 19.5. The number of hydrogen-bond donors (Lipinski definition) is 2. The molecule has 6 nitrogen and oxygen atoms in total. The number of amides is 2. The largest absolute Gasteiger partial charge is 0.489 e. The van der Waals surface area contributed by atoms with Crippen molar-refractivity contribution in [1.82, 2.24) is 20.4 Å². The van der Waals surface area contributed by atoms with Crippen molar-refractivity contribution in [1.29, 1.82) is 0 Å². The number of carbonyl (C=O) groups is 1. The van der Waals surface area contributed by atoms with E-state index in [9.17, 15) is 4.79 Å². The number of carbonyl (C=O) groups excluding carboxylic acids is 1. The Balaban J connectivity index is 1.39. The molecule has 3 aromatic rings. The van der Waals surface area contributed by atoms with Crippen molar-refractivity contribution in [2.24, 2.45) is 5.92 Å². The number of rotatable bonds is 9. The Bertz CT molecular complexity index is 850. The van der Waals surface area contributed by atoms with E-state index in [1.807, 2.05) is 71.5 Å². The van der Waals surface area contributed by atoms with Crippen molar-refractivity contribution in [3.8, 4) is 5.75 Å². The van der Waals surface area contributed by atoms with Crippen LogP contribution in [0.15, 0.2) is 73.1 Å². The molecule has 28 heavy (non-hydrogen) atoms. The van der Waals surface area contributed by atoms with Crippen LogP contribution in [-0.4, -0.2) is 22.4 Å². The van der Waals surface area contributed by atoms with Gasteiger partial charge in [0.2, 0.25) is 0 Å². The van der Waals surface area contributed by atoms with Gasteiger partial charge >= 0.3 is 6.03 Å². The van der Waals surface area contributed by atoms with Crippen LogP contribution in [0.4, 0.5) is 4.79 Å². The van der Waals surface area contributed by atoms with Gasteiger partial charge in [0, 0.05) is 32.0 Å². The molecule has 1 atom stereocenters. The lowest BCUT2D eigenvalue weighted by Gasteiger charge is -2.14. The lowest BCUT2D eigenvalue weighted by Crippen LogP contribution is -2.38. The summed E-state index contributed by atoms with van der Waals surface area (Å²) in [6.45, 7) is 4.42. The molecular formula is C22H26N4O2. The number of aromatic nitrogens is 2. The summed E-state index contributed by atoms with van der Waals surface area (Å²) in [4.78, 5) is 12.0. The van der Waals surface area contributed by atoms with Crippen LogP contribution >= 0.6 is 0 Å². The van der Waals surface area contributed by atoms with Crippen molar-refractivity contribution in [3.63, 3.8) is 0 Å². The minimum absolute atomic E-state index is 0.168. The maximum absolute atomic E-state index is 12.0. The van der Waals surface area contributed by atoms with Gasteiger partial charge in [0.15, 0.2) is 0 Å². The third-order valence-corrected chi connectivity index (χ3v) is 4.26. The van der Waals surface area contributed by atoms with Crippen molar-refractivity contribution in [2.75, 3.05) is 6.54 Å². The molecular weight excluding hydrogens is 352 g/mol. The third kappa shape index (κ3) is 6.46. The van der Waals surface area contributed by atoms with E-state index in [0.29, 0.717) is 25.6 Å². The first-order valence-electron chi connectivity index (χ1n) is 9.44. The summed E-state index contributed by atoms with van der Waals surface area (Å²) >= 11 is 0. The topological polar surface area (TPSA) is 68.2 Å². The molecule has 0 aliphatic rings. The van der Waals surface area contributed by atoms with E-state index in [-0.39, 0.29) is 6.03 Å². The van der Waals surface area contributed by atoms with Gasteiger partial charge in [-0.1, -0.05) is 49.4 Å². The van der Waals surface area contributed by atoms with E-state index in [4.69, 9.17) is 4.74 Å². The molecule has 0 radical (unpaired) electrons. The monoisotopic (exact) mass is 378 g/mol. The van der Waals surface area contributed by atoms with Crippen molar-refractivity contribution < 1.29 is 9.53 Å². The molecule has 0 spiro atoms. The molecule has 1 aromatic heterocycles. The van der Waals surface area contributed by atoms with Crippen LogP contribution < -0.4 is 15.4 Å². The maximum Gasteiger partial charge on any atom is 0.315 e. The number of hydrogen-bond acceptors (Lipinski definition) is 3. The van der Waals surface area contributed by atoms with Gasteiger partial charge in [0.25, 0.3) is 0 Å². The highest BCUT2D eigenvalue weighted by Gasteiger charge is 2.07. The Hall–Kier alpha value is -3.28. The fourth-order valence-corrected chi connectivity index (χ4v) is 2.82. The average molecular weight is 378 g/mol. The van der Waals surface area contributed by atoms with Crippen LogP contribution in [0.1, 0.15) is 18.1 Å². The molecule has 0 aliphatic carbocycles. The molecule has 1 heterocycles. The Morgan fingerprint density at radius 1 is 1.07 bits per heavy atom. The van der Waals surface area contributed by atoms with Crippen molar-refractivity contribution in [2.45, 2.75) is 26.6 Å². The molecule has 0 bridgehead atoms. The Morgan fingerprint density at radius 2 is 1.89 bits per heavy atom. The first-order valence-corrected chi connectivity index (χ1v) is 9.44.